The molecule has 2 aliphatic carbocycles. The number of benzene rings is 1. The highest BCUT2D eigenvalue weighted by Crippen LogP contribution is 2.49. The van der Waals surface area contributed by atoms with Crippen LogP contribution in [-0.2, 0) is 0 Å². The quantitative estimate of drug-likeness (QED) is 0.503. The van der Waals surface area contributed by atoms with Crippen LogP contribution in [0.5, 0.6) is 0 Å². The van der Waals surface area contributed by atoms with Crippen molar-refractivity contribution >= 4 is 28.7 Å². The van der Waals surface area contributed by atoms with Crippen LogP contribution in [0.1, 0.15) is 32.6 Å². The number of anilines is 1. The van der Waals surface area contributed by atoms with Gasteiger partial charge in [-0.05, 0) is 68.3 Å². The van der Waals surface area contributed by atoms with Crippen molar-refractivity contribution in [2.75, 3.05) is 5.32 Å². The molecule has 2 aliphatic rings. The first-order valence-corrected chi connectivity index (χ1v) is 8.25. The molecule has 6 heteroatoms. The van der Waals surface area contributed by atoms with Crippen molar-refractivity contribution in [3.8, 4) is 0 Å². The van der Waals surface area contributed by atoms with Crippen molar-refractivity contribution in [3.63, 3.8) is 0 Å². The van der Waals surface area contributed by atoms with Gasteiger partial charge in [0.25, 0.3) is 5.69 Å². The summed E-state index contributed by atoms with van der Waals surface area (Å²) in [6.07, 6.45) is 5.47. The second kappa shape index (κ2) is 6.20. The lowest BCUT2D eigenvalue weighted by Crippen LogP contribution is -2.42. The van der Waals surface area contributed by atoms with Crippen LogP contribution in [0.2, 0.25) is 0 Å². The molecule has 118 valence electrons. The Morgan fingerprint density at radius 1 is 1.32 bits per heavy atom. The molecule has 0 spiro atoms. The molecule has 22 heavy (non-hydrogen) atoms. The van der Waals surface area contributed by atoms with Crippen LogP contribution >= 0.6 is 12.2 Å². The minimum Gasteiger partial charge on any atom is -0.360 e. The van der Waals surface area contributed by atoms with Crippen molar-refractivity contribution in [1.29, 1.82) is 0 Å². The van der Waals surface area contributed by atoms with Gasteiger partial charge in [0.05, 0.1) is 4.92 Å². The normalized spacial score (nSPS) is 27.4. The second-order valence-electron chi connectivity index (χ2n) is 6.53. The third kappa shape index (κ3) is 3.21. The zero-order valence-corrected chi connectivity index (χ0v) is 13.4. The van der Waals surface area contributed by atoms with Gasteiger partial charge in [0.1, 0.15) is 0 Å². The molecule has 0 aromatic heterocycles. The first kappa shape index (κ1) is 15.2. The van der Waals surface area contributed by atoms with Gasteiger partial charge in [0.15, 0.2) is 5.11 Å². The van der Waals surface area contributed by atoms with Gasteiger partial charge in [0, 0.05) is 23.9 Å². The summed E-state index contributed by atoms with van der Waals surface area (Å²) in [7, 11) is 0. The van der Waals surface area contributed by atoms with Crippen LogP contribution < -0.4 is 10.6 Å². The predicted octanol–water partition coefficient (Wildman–Crippen LogP) is 3.71. The van der Waals surface area contributed by atoms with Gasteiger partial charge in [-0.3, -0.25) is 10.1 Å². The molecule has 0 heterocycles. The van der Waals surface area contributed by atoms with Crippen molar-refractivity contribution in [1.82, 2.24) is 5.32 Å². The van der Waals surface area contributed by atoms with E-state index in [1.165, 1.54) is 37.8 Å². The zero-order valence-electron chi connectivity index (χ0n) is 12.6. The first-order chi connectivity index (χ1) is 10.5. The van der Waals surface area contributed by atoms with E-state index in [4.69, 9.17) is 12.2 Å². The minimum atomic E-state index is -0.405. The van der Waals surface area contributed by atoms with Crippen LogP contribution in [0.15, 0.2) is 24.3 Å². The van der Waals surface area contributed by atoms with E-state index in [9.17, 15) is 10.1 Å². The summed E-state index contributed by atoms with van der Waals surface area (Å²) in [5.74, 6) is 2.50. The lowest BCUT2D eigenvalue weighted by molar-refractivity contribution is -0.384. The maximum Gasteiger partial charge on any atom is 0.269 e. The Balaban J connectivity index is 1.52. The average molecular weight is 319 g/mol. The highest BCUT2D eigenvalue weighted by atomic mass is 32.1. The number of fused-ring (bicyclic) bond motifs is 2. The lowest BCUT2D eigenvalue weighted by atomic mass is 9.84. The number of hydrogen-bond acceptors (Lipinski definition) is 3. The van der Waals surface area contributed by atoms with Crippen LogP contribution in [0.4, 0.5) is 11.4 Å². The van der Waals surface area contributed by atoms with E-state index >= 15 is 0 Å². The highest BCUT2D eigenvalue weighted by Gasteiger charge is 2.41. The maximum atomic E-state index is 10.6. The number of nitro benzene ring substituents is 1. The standard InChI is InChI=1S/C16H21N3O2S/c1-10(15-9-11-2-3-12(15)8-11)17-16(22)18-13-4-6-14(7-5-13)19(20)21/h4-7,10-12,15H,2-3,8-9H2,1H3,(H2,17,18,22)/t10-,11+,12+,15+/m0/s1. The Morgan fingerprint density at radius 3 is 2.59 bits per heavy atom. The summed E-state index contributed by atoms with van der Waals surface area (Å²) in [4.78, 5) is 10.2. The summed E-state index contributed by atoms with van der Waals surface area (Å²) in [6, 6.07) is 6.67. The smallest absolute Gasteiger partial charge is 0.269 e. The van der Waals surface area contributed by atoms with E-state index in [1.807, 2.05) is 0 Å². The van der Waals surface area contributed by atoms with E-state index in [-0.39, 0.29) is 5.69 Å². The van der Waals surface area contributed by atoms with Gasteiger partial charge in [0.2, 0.25) is 0 Å². The number of hydrogen-bond donors (Lipinski definition) is 2. The van der Waals surface area contributed by atoms with Crippen LogP contribution in [0, 0.1) is 27.9 Å². The molecule has 2 saturated carbocycles. The predicted molar refractivity (Wildman–Crippen MR) is 90.9 cm³/mol. The Kier molecular flexibility index (Phi) is 4.29. The van der Waals surface area contributed by atoms with Crippen LogP contribution in [0.25, 0.3) is 0 Å². The summed E-state index contributed by atoms with van der Waals surface area (Å²) in [5, 5.41) is 17.7. The molecule has 2 bridgehead atoms. The van der Waals surface area contributed by atoms with Gasteiger partial charge in [-0.15, -0.1) is 0 Å². The fourth-order valence-electron chi connectivity index (χ4n) is 4.05. The Bertz CT molecular complexity index is 575. The molecule has 0 radical (unpaired) electrons. The highest BCUT2D eigenvalue weighted by molar-refractivity contribution is 7.80. The molecule has 1 aromatic rings. The van der Waals surface area contributed by atoms with E-state index in [2.05, 4.69) is 17.6 Å². The van der Waals surface area contributed by atoms with Crippen LogP contribution in [-0.4, -0.2) is 16.1 Å². The monoisotopic (exact) mass is 319 g/mol. The van der Waals surface area contributed by atoms with Gasteiger partial charge in [-0.25, -0.2) is 0 Å². The van der Waals surface area contributed by atoms with Crippen molar-refractivity contribution in [2.24, 2.45) is 17.8 Å². The SMILES string of the molecule is C[C@H](NC(=S)Nc1ccc([N+](=O)[O-])cc1)[C@H]1C[C@@H]2CC[C@@H]1C2. The summed E-state index contributed by atoms with van der Waals surface area (Å²) in [6.45, 7) is 2.20. The molecule has 0 unspecified atom stereocenters. The minimum absolute atomic E-state index is 0.0831. The number of rotatable bonds is 4. The summed E-state index contributed by atoms with van der Waals surface area (Å²) >= 11 is 5.36. The van der Waals surface area contributed by atoms with Gasteiger partial charge < -0.3 is 10.6 Å². The zero-order chi connectivity index (χ0) is 15.7. The molecule has 4 atom stereocenters. The van der Waals surface area contributed by atoms with E-state index in [1.54, 1.807) is 12.1 Å². The molecule has 0 amide bonds. The summed E-state index contributed by atoms with van der Waals surface area (Å²) < 4.78 is 0. The third-order valence-corrected chi connectivity index (χ3v) is 5.35. The topological polar surface area (TPSA) is 67.2 Å². The fourth-order valence-corrected chi connectivity index (χ4v) is 4.36. The lowest BCUT2D eigenvalue weighted by Gasteiger charge is -2.29. The van der Waals surface area contributed by atoms with Crippen LogP contribution in [0.3, 0.4) is 0 Å². The largest absolute Gasteiger partial charge is 0.360 e. The molecule has 2 N–H and O–H groups in total. The molecular weight excluding hydrogens is 298 g/mol. The van der Waals surface area contributed by atoms with Gasteiger partial charge >= 0.3 is 0 Å². The molecule has 1 aromatic carbocycles. The molecular formula is C16H21N3O2S. The Labute approximate surface area is 135 Å². The summed E-state index contributed by atoms with van der Waals surface area (Å²) in [5.41, 5.74) is 0.850. The fraction of sp³-hybridized carbons (Fsp3) is 0.562. The van der Waals surface area contributed by atoms with Gasteiger partial charge in [-0.1, -0.05) is 6.42 Å². The Hall–Kier alpha value is -1.69. The second-order valence-corrected chi connectivity index (χ2v) is 6.94. The molecule has 3 rings (SSSR count). The molecule has 2 fully saturated rings. The molecule has 5 nitrogen and oxygen atoms in total. The number of nitrogens with zero attached hydrogens (tertiary/aromatic N) is 1. The molecule has 0 aliphatic heterocycles. The van der Waals surface area contributed by atoms with Crippen molar-refractivity contribution in [3.05, 3.63) is 34.4 Å². The number of nitrogens with one attached hydrogen (secondary N) is 2. The first-order valence-electron chi connectivity index (χ1n) is 7.85. The number of non-ortho nitro benzene ring substituents is 1. The van der Waals surface area contributed by atoms with Crippen molar-refractivity contribution < 1.29 is 4.92 Å². The number of thiocarbonyl (C=S) groups is 1. The van der Waals surface area contributed by atoms with E-state index < -0.39 is 4.92 Å². The van der Waals surface area contributed by atoms with Gasteiger partial charge in [-0.2, -0.15) is 0 Å². The Morgan fingerprint density at radius 2 is 2.05 bits per heavy atom. The average Bonchev–Trinajstić information content (AvgIpc) is 3.10. The molecule has 0 saturated heterocycles. The number of nitro groups is 1. The van der Waals surface area contributed by atoms with E-state index in [0.717, 1.165) is 23.4 Å². The van der Waals surface area contributed by atoms with E-state index in [0.29, 0.717) is 11.2 Å². The van der Waals surface area contributed by atoms with Crippen molar-refractivity contribution in [2.45, 2.75) is 38.6 Å². The maximum absolute atomic E-state index is 10.6. The third-order valence-electron chi connectivity index (χ3n) is 5.13.